The molecule has 380 valence electrons. The molecule has 2 atom stereocenters. The highest BCUT2D eigenvalue weighted by atomic mass is 35.5. The molecule has 2 aliphatic rings. The number of amides is 5. The van der Waals surface area contributed by atoms with E-state index in [0.717, 1.165) is 61.8 Å². The van der Waals surface area contributed by atoms with Gasteiger partial charge in [-0.25, -0.2) is 38.1 Å². The van der Waals surface area contributed by atoms with E-state index in [4.69, 9.17) is 34.8 Å². The first kappa shape index (κ1) is 53.7. The number of aryl methyl sites for hydroxylation is 2. The lowest BCUT2D eigenvalue weighted by molar-refractivity contribution is -0.130. The minimum atomic E-state index is -0.775. The molecule has 0 saturated carbocycles. The van der Waals surface area contributed by atoms with E-state index >= 15 is 0 Å². The van der Waals surface area contributed by atoms with Crippen LogP contribution in [0, 0.1) is 25.5 Å². The molecule has 5 amide bonds. The molecule has 20 nitrogen and oxygen atoms in total. The van der Waals surface area contributed by atoms with Crippen LogP contribution >= 0.6 is 11.6 Å². The van der Waals surface area contributed by atoms with E-state index in [1.54, 1.807) is 67.3 Å². The van der Waals surface area contributed by atoms with Crippen molar-refractivity contribution in [1.82, 2.24) is 39.5 Å². The first-order valence-electron chi connectivity index (χ1n) is 22.7. The van der Waals surface area contributed by atoms with E-state index in [9.17, 15) is 37.5 Å². The van der Waals surface area contributed by atoms with Crippen molar-refractivity contribution < 1.29 is 37.5 Å². The van der Waals surface area contributed by atoms with Gasteiger partial charge in [0.05, 0.1) is 24.5 Å². The Morgan fingerprint density at radius 1 is 0.699 bits per heavy atom. The van der Waals surface area contributed by atoms with Crippen LogP contribution in [-0.2, 0) is 9.59 Å². The number of nitrogens with one attached hydrogen (secondary N) is 3. The largest absolute Gasteiger partial charge is 0.364 e. The molecule has 6 heterocycles. The zero-order chi connectivity index (χ0) is 53.1. The number of piperidine rings is 2. The van der Waals surface area contributed by atoms with Gasteiger partial charge in [0.1, 0.15) is 40.5 Å². The van der Waals surface area contributed by atoms with E-state index < -0.39 is 46.5 Å². The van der Waals surface area contributed by atoms with Crippen molar-refractivity contribution in [2.45, 2.75) is 64.5 Å². The van der Waals surface area contributed by atoms with Crippen LogP contribution in [0.4, 0.5) is 20.4 Å². The third kappa shape index (κ3) is 12.8. The second-order valence-corrected chi connectivity index (χ2v) is 17.1. The molecule has 11 N–H and O–H groups in total. The zero-order valence-corrected chi connectivity index (χ0v) is 40.6. The number of allylic oxidation sites excluding steroid dienone is 1. The van der Waals surface area contributed by atoms with Crippen molar-refractivity contribution in [3.63, 3.8) is 0 Å². The summed E-state index contributed by atoms with van der Waals surface area (Å²) < 4.78 is 29.2. The van der Waals surface area contributed by atoms with Crippen molar-refractivity contribution >= 4 is 58.0 Å². The number of aromatic nitrogens is 6. The molecule has 0 spiro atoms. The van der Waals surface area contributed by atoms with Crippen molar-refractivity contribution in [3.8, 4) is 22.5 Å². The lowest BCUT2D eigenvalue weighted by Crippen LogP contribution is -2.39. The maximum absolute atomic E-state index is 13.4. The van der Waals surface area contributed by atoms with E-state index in [2.05, 4.69) is 49.0 Å². The van der Waals surface area contributed by atoms with Crippen LogP contribution in [0.2, 0.25) is 0 Å². The Hall–Kier alpha value is -8.63. The van der Waals surface area contributed by atoms with E-state index in [0.29, 0.717) is 63.7 Å². The first-order valence-corrected chi connectivity index (χ1v) is 23.1. The molecule has 2 aromatic carbocycles. The number of anilines is 2. The normalized spacial score (nSPS) is 15.1. The molecule has 0 bridgehead atoms. The highest BCUT2D eigenvalue weighted by molar-refractivity contribution is 6.66. The van der Waals surface area contributed by atoms with Crippen LogP contribution in [0.1, 0.15) is 115 Å². The summed E-state index contributed by atoms with van der Waals surface area (Å²) in [5, 5.41) is 8.10. The third-order valence-electron chi connectivity index (χ3n) is 11.8. The Labute approximate surface area is 422 Å². The Bertz CT molecular complexity index is 3080. The lowest BCUT2D eigenvalue weighted by atomic mass is 10.0. The third-order valence-corrected chi connectivity index (χ3v) is 12.0. The van der Waals surface area contributed by atoms with Gasteiger partial charge in [-0.3, -0.25) is 28.8 Å². The molecule has 0 radical (unpaired) electrons. The number of nitrogens with zero attached hydrogens (tertiary/aromatic N) is 7. The summed E-state index contributed by atoms with van der Waals surface area (Å²) in [6.07, 6.45) is 9.69. The van der Waals surface area contributed by atoms with Crippen LogP contribution in [0.5, 0.6) is 0 Å². The fourth-order valence-electron chi connectivity index (χ4n) is 8.06. The van der Waals surface area contributed by atoms with Gasteiger partial charge in [-0.1, -0.05) is 43.8 Å². The molecule has 4 aromatic heterocycles. The van der Waals surface area contributed by atoms with Gasteiger partial charge in [0.25, 0.3) is 23.6 Å². The number of pyridine rings is 2. The molecule has 0 aliphatic carbocycles. The fraction of sp³-hybridized carbons (Fsp3) is 0.240. The first-order chi connectivity index (χ1) is 34.8. The summed E-state index contributed by atoms with van der Waals surface area (Å²) in [4.78, 5) is 90.0. The minimum Gasteiger partial charge on any atom is -0.364 e. The number of hydrogen-bond acceptors (Lipinski definition) is 13. The molecule has 73 heavy (non-hydrogen) atoms. The molecule has 0 unspecified atom stereocenters. The molecular weight excluding hydrogens is 966 g/mol. The van der Waals surface area contributed by atoms with Crippen molar-refractivity contribution in [3.05, 3.63) is 155 Å². The van der Waals surface area contributed by atoms with Gasteiger partial charge in [-0.15, -0.1) is 0 Å². The van der Waals surface area contributed by atoms with Gasteiger partial charge in [0, 0.05) is 28.8 Å². The topological polar surface area (TPSA) is 307 Å². The van der Waals surface area contributed by atoms with Gasteiger partial charge in [0.15, 0.2) is 17.2 Å². The maximum Gasteiger partial charge on any atom is 0.269 e. The zero-order valence-electron chi connectivity index (χ0n) is 39.8. The van der Waals surface area contributed by atoms with Crippen LogP contribution in [0.25, 0.3) is 22.5 Å². The number of nitrogens with two attached hydrogens (primary N) is 4. The summed E-state index contributed by atoms with van der Waals surface area (Å²) in [7, 11) is 0. The number of carbonyl (C=O) groups is 6. The SMILES string of the molecule is C=CC(=O)Cl.C=CC(=O)N1CCCC[C@H]1c1nc(-c2ccc(C(=O)Nc3cc(C)c(F)cn3)cc2)c(C(N)=O)n1N.Cc1cc(NC(=O)c2ccc(-c3nc([C@@H]4CCCCN4)n(N)c3C(N)=O)cc2)ncc1F. The smallest absolute Gasteiger partial charge is 0.269 e. The number of hydrogen-bond donors (Lipinski definition) is 7. The van der Waals surface area contributed by atoms with Crippen molar-refractivity contribution in [2.75, 3.05) is 35.4 Å². The predicted octanol–water partition coefficient (Wildman–Crippen LogP) is 5.91. The quantitative estimate of drug-likeness (QED) is 0.0427. The monoisotopic (exact) mass is 1020 g/mol. The maximum atomic E-state index is 13.4. The summed E-state index contributed by atoms with van der Waals surface area (Å²) in [5.74, 6) is 10.3. The Balaban J connectivity index is 0.000000219. The molecule has 2 aliphatic heterocycles. The number of halogens is 3. The lowest BCUT2D eigenvalue weighted by Gasteiger charge is -2.34. The molecular formula is C50H53ClF2N14O6. The van der Waals surface area contributed by atoms with E-state index in [1.165, 1.54) is 22.9 Å². The second-order valence-electron chi connectivity index (χ2n) is 16.8. The predicted molar refractivity (Wildman–Crippen MR) is 271 cm³/mol. The van der Waals surface area contributed by atoms with Gasteiger partial charge >= 0.3 is 0 Å². The number of likely N-dealkylation sites (tertiary alicyclic amines) is 1. The standard InChI is InChI=1S/C25H26FN7O3.C22H24FN7O2.C3H3ClO/c1-3-20(34)32-11-5-4-6-18(32)24-31-21(22(23(27)35)33(24)28)15-7-9-16(10-8-15)25(36)30-19-12-14(2)17(26)13-29-19;1-12-10-17(27-11-15(12)23)28-22(32)14-7-5-13(6-8-14)18-19(20(24)31)30(25)21(29-18)16-4-2-3-9-26-16;1-2-3(4)5/h3,7-10,12-13,18H,1,4-6,11,28H2,2H3,(H2,27,35)(H,29,30,36);5-8,10-11,16,26H,2-4,9,25H2,1H3,(H2,24,31)(H,27,28,32);2H,1H2/t18-;16-;/m00./s1. The Morgan fingerprint density at radius 2 is 1.15 bits per heavy atom. The van der Waals surface area contributed by atoms with Crippen molar-refractivity contribution in [1.29, 1.82) is 0 Å². The Morgan fingerprint density at radius 3 is 1.56 bits per heavy atom. The average Bonchev–Trinajstić information content (AvgIpc) is 3.93. The number of imidazole rings is 2. The highest BCUT2D eigenvalue weighted by Gasteiger charge is 2.33. The molecule has 8 rings (SSSR count). The van der Waals surface area contributed by atoms with Crippen molar-refractivity contribution in [2.24, 2.45) is 11.5 Å². The number of carbonyl (C=O) groups excluding carboxylic acids is 6. The van der Waals surface area contributed by atoms with Crippen LogP contribution in [0.15, 0.2) is 98.4 Å². The summed E-state index contributed by atoms with van der Waals surface area (Å²) in [6.45, 7) is 11.2. The Kier molecular flexibility index (Phi) is 17.7. The highest BCUT2D eigenvalue weighted by Crippen LogP contribution is 2.34. The molecule has 2 fully saturated rings. The van der Waals surface area contributed by atoms with E-state index in [-0.39, 0.29) is 40.7 Å². The fourth-order valence-corrected chi connectivity index (χ4v) is 8.06. The van der Waals surface area contributed by atoms with Crippen LogP contribution < -0.4 is 39.1 Å². The van der Waals surface area contributed by atoms with Crippen LogP contribution in [0.3, 0.4) is 0 Å². The number of benzene rings is 2. The van der Waals surface area contributed by atoms with E-state index in [1.807, 2.05) is 0 Å². The summed E-state index contributed by atoms with van der Waals surface area (Å²) >= 11 is 4.71. The van der Waals surface area contributed by atoms with Gasteiger partial charge < -0.3 is 44.0 Å². The van der Waals surface area contributed by atoms with Gasteiger partial charge in [-0.05, 0) is 124 Å². The van der Waals surface area contributed by atoms with Gasteiger partial charge in [0.2, 0.25) is 11.1 Å². The minimum absolute atomic E-state index is 0.00948. The van der Waals surface area contributed by atoms with Crippen LogP contribution in [-0.4, -0.2) is 82.1 Å². The molecule has 2 saturated heterocycles. The second kappa shape index (κ2) is 24.0. The number of rotatable bonds is 12. The molecule has 23 heteroatoms. The number of nitrogen functional groups attached to an aromatic ring is 2. The van der Waals surface area contributed by atoms with Gasteiger partial charge in [-0.2, -0.15) is 0 Å². The number of primary amides is 2. The average molecular weight is 1020 g/mol. The summed E-state index contributed by atoms with van der Waals surface area (Å²) in [5.41, 5.74) is 14.5. The summed E-state index contributed by atoms with van der Waals surface area (Å²) in [6, 6.07) is 15.3. The molecule has 6 aromatic rings.